The third-order valence-corrected chi connectivity index (χ3v) is 6.29. The van der Waals surface area contributed by atoms with Crippen LogP contribution in [0, 0.1) is 0 Å². The number of rotatable bonds is 9. The molecule has 0 fully saturated rings. The van der Waals surface area contributed by atoms with Gasteiger partial charge in [-0.3, -0.25) is 4.79 Å². The SMILES string of the molecule is C=CCCC(NC(=O)OCC1c2ccccc2-c2ccccc21)C(=O)N(C)C(C)(C)C(=O)O. The number of nitrogens with zero attached hydrogens (tertiary/aromatic N) is 1. The van der Waals surface area contributed by atoms with Gasteiger partial charge in [-0.25, -0.2) is 9.59 Å². The zero-order chi connectivity index (χ0) is 24.2. The van der Waals surface area contributed by atoms with Gasteiger partial charge in [0, 0.05) is 13.0 Å². The van der Waals surface area contributed by atoms with Gasteiger partial charge in [0.1, 0.15) is 18.2 Å². The number of nitrogens with one attached hydrogen (secondary N) is 1. The van der Waals surface area contributed by atoms with Crippen LogP contribution in [0.2, 0.25) is 0 Å². The quantitative estimate of drug-likeness (QED) is 0.559. The van der Waals surface area contributed by atoms with Crippen LogP contribution in [-0.4, -0.2) is 53.2 Å². The minimum atomic E-state index is -1.42. The topological polar surface area (TPSA) is 95.9 Å². The molecular formula is C26H30N2O5. The first-order chi connectivity index (χ1) is 15.7. The molecule has 174 valence electrons. The molecule has 2 amide bonds. The van der Waals surface area contributed by atoms with E-state index in [1.54, 1.807) is 6.08 Å². The number of benzene rings is 2. The van der Waals surface area contributed by atoms with Crippen molar-refractivity contribution >= 4 is 18.0 Å². The van der Waals surface area contributed by atoms with E-state index in [1.165, 1.54) is 20.9 Å². The second-order valence-corrected chi connectivity index (χ2v) is 8.65. The van der Waals surface area contributed by atoms with Gasteiger partial charge in [0.2, 0.25) is 5.91 Å². The van der Waals surface area contributed by atoms with Crippen molar-refractivity contribution in [1.29, 1.82) is 0 Å². The fraction of sp³-hybridized carbons (Fsp3) is 0.346. The normalized spacial score (nSPS) is 13.4. The number of hydrogen-bond acceptors (Lipinski definition) is 4. The molecule has 0 aliphatic heterocycles. The van der Waals surface area contributed by atoms with Crippen LogP contribution in [-0.2, 0) is 14.3 Å². The second-order valence-electron chi connectivity index (χ2n) is 8.65. The van der Waals surface area contributed by atoms with Crippen molar-refractivity contribution in [2.75, 3.05) is 13.7 Å². The minimum Gasteiger partial charge on any atom is -0.480 e. The van der Waals surface area contributed by atoms with Crippen molar-refractivity contribution < 1.29 is 24.2 Å². The number of carbonyl (C=O) groups excluding carboxylic acids is 2. The molecule has 1 aliphatic carbocycles. The van der Waals surface area contributed by atoms with Gasteiger partial charge in [0.15, 0.2) is 0 Å². The van der Waals surface area contributed by atoms with Crippen molar-refractivity contribution in [3.8, 4) is 11.1 Å². The Hall–Kier alpha value is -3.61. The van der Waals surface area contributed by atoms with E-state index in [9.17, 15) is 19.5 Å². The third kappa shape index (κ3) is 4.92. The number of aliphatic carboxylic acids is 1. The molecule has 7 heteroatoms. The fourth-order valence-corrected chi connectivity index (χ4v) is 3.98. The molecule has 3 rings (SSSR count). The summed E-state index contributed by atoms with van der Waals surface area (Å²) in [6, 6.07) is 15.1. The standard InChI is InChI=1S/C26H30N2O5/c1-5-6-15-22(23(29)28(4)26(2,3)24(30)31)27-25(32)33-16-21-19-13-9-7-11-17(19)18-12-8-10-14-20(18)21/h5,7-14,21-22H,1,6,15-16H2,2-4H3,(H,27,32)(H,30,31). The fourth-order valence-electron chi connectivity index (χ4n) is 3.98. The molecule has 2 aromatic carbocycles. The van der Waals surface area contributed by atoms with E-state index in [-0.39, 0.29) is 18.9 Å². The summed E-state index contributed by atoms with van der Waals surface area (Å²) in [6.45, 7) is 6.66. The number of carboxylic acids is 1. The maximum atomic E-state index is 13.0. The molecular weight excluding hydrogens is 420 g/mol. The zero-order valence-electron chi connectivity index (χ0n) is 19.2. The molecule has 2 aromatic rings. The Labute approximate surface area is 194 Å². The van der Waals surface area contributed by atoms with E-state index in [0.29, 0.717) is 6.42 Å². The first-order valence-electron chi connectivity index (χ1n) is 10.9. The van der Waals surface area contributed by atoms with Crippen LogP contribution >= 0.6 is 0 Å². The van der Waals surface area contributed by atoms with E-state index < -0.39 is 29.6 Å². The minimum absolute atomic E-state index is 0.0981. The summed E-state index contributed by atoms with van der Waals surface area (Å²) in [6.07, 6.45) is 1.68. The molecule has 1 unspecified atom stereocenters. The van der Waals surface area contributed by atoms with Crippen LogP contribution in [0.5, 0.6) is 0 Å². The van der Waals surface area contributed by atoms with Crippen LogP contribution in [0.3, 0.4) is 0 Å². The molecule has 1 atom stereocenters. The summed E-state index contributed by atoms with van der Waals surface area (Å²) >= 11 is 0. The number of amides is 2. The van der Waals surface area contributed by atoms with Crippen LogP contribution in [0.4, 0.5) is 4.79 Å². The van der Waals surface area contributed by atoms with Crippen LogP contribution in [0.1, 0.15) is 43.7 Å². The van der Waals surface area contributed by atoms with Gasteiger partial charge in [-0.05, 0) is 48.9 Å². The summed E-state index contributed by atoms with van der Waals surface area (Å²) in [5.41, 5.74) is 3.01. The Morgan fingerprint density at radius 2 is 1.67 bits per heavy atom. The number of ether oxygens (including phenoxy) is 1. The number of carbonyl (C=O) groups is 3. The molecule has 0 aromatic heterocycles. The van der Waals surface area contributed by atoms with E-state index >= 15 is 0 Å². The van der Waals surface area contributed by atoms with Gasteiger partial charge in [-0.2, -0.15) is 0 Å². The molecule has 0 saturated carbocycles. The number of fused-ring (bicyclic) bond motifs is 3. The van der Waals surface area contributed by atoms with E-state index in [2.05, 4.69) is 24.0 Å². The average Bonchev–Trinajstić information content (AvgIpc) is 3.13. The van der Waals surface area contributed by atoms with Crippen molar-refractivity contribution in [3.63, 3.8) is 0 Å². The predicted octanol–water partition coefficient (Wildman–Crippen LogP) is 4.18. The molecule has 1 aliphatic rings. The summed E-state index contributed by atoms with van der Waals surface area (Å²) in [4.78, 5) is 38.3. The molecule has 0 heterocycles. The highest BCUT2D eigenvalue weighted by Crippen LogP contribution is 2.44. The predicted molar refractivity (Wildman–Crippen MR) is 126 cm³/mol. The number of likely N-dealkylation sites (N-methyl/N-ethyl adjacent to an activating group) is 1. The van der Waals surface area contributed by atoms with Gasteiger partial charge in [-0.15, -0.1) is 6.58 Å². The van der Waals surface area contributed by atoms with Crippen LogP contribution in [0.25, 0.3) is 11.1 Å². The van der Waals surface area contributed by atoms with Gasteiger partial charge in [0.05, 0.1) is 0 Å². The van der Waals surface area contributed by atoms with E-state index in [0.717, 1.165) is 27.2 Å². The first-order valence-corrected chi connectivity index (χ1v) is 10.9. The van der Waals surface area contributed by atoms with Gasteiger partial charge in [-0.1, -0.05) is 54.6 Å². The van der Waals surface area contributed by atoms with Crippen molar-refractivity contribution in [3.05, 3.63) is 72.3 Å². The van der Waals surface area contributed by atoms with Gasteiger partial charge in [0.25, 0.3) is 0 Å². The molecule has 33 heavy (non-hydrogen) atoms. The molecule has 0 radical (unpaired) electrons. The van der Waals surface area contributed by atoms with Gasteiger partial charge < -0.3 is 20.1 Å². The number of alkyl carbamates (subject to hydrolysis) is 1. The lowest BCUT2D eigenvalue weighted by molar-refractivity contribution is -0.156. The van der Waals surface area contributed by atoms with Crippen molar-refractivity contribution in [2.24, 2.45) is 0 Å². The number of carboxylic acid groups (broad SMARTS) is 1. The molecule has 2 N–H and O–H groups in total. The average molecular weight is 451 g/mol. The van der Waals surface area contributed by atoms with Crippen molar-refractivity contribution in [1.82, 2.24) is 10.2 Å². The Balaban J connectivity index is 1.71. The zero-order valence-corrected chi connectivity index (χ0v) is 19.2. The van der Waals surface area contributed by atoms with Gasteiger partial charge >= 0.3 is 12.1 Å². The summed E-state index contributed by atoms with van der Waals surface area (Å²) < 4.78 is 5.55. The Kier molecular flexibility index (Phi) is 7.21. The maximum Gasteiger partial charge on any atom is 0.407 e. The Morgan fingerprint density at radius 1 is 1.12 bits per heavy atom. The van der Waals surface area contributed by atoms with E-state index in [1.807, 2.05) is 36.4 Å². The molecule has 0 saturated heterocycles. The first kappa shape index (κ1) is 24.0. The lowest BCUT2D eigenvalue weighted by Crippen LogP contribution is -2.57. The number of hydrogen-bond donors (Lipinski definition) is 2. The number of allylic oxidation sites excluding steroid dienone is 1. The smallest absolute Gasteiger partial charge is 0.407 e. The molecule has 0 spiro atoms. The van der Waals surface area contributed by atoms with E-state index in [4.69, 9.17) is 4.74 Å². The summed E-state index contributed by atoms with van der Waals surface area (Å²) in [7, 11) is 1.41. The lowest BCUT2D eigenvalue weighted by Gasteiger charge is -2.34. The van der Waals surface area contributed by atoms with Crippen LogP contribution in [0.15, 0.2) is 61.2 Å². The molecule has 7 nitrogen and oxygen atoms in total. The highest BCUT2D eigenvalue weighted by Gasteiger charge is 2.38. The maximum absolute atomic E-state index is 13.0. The highest BCUT2D eigenvalue weighted by molar-refractivity contribution is 5.90. The third-order valence-electron chi connectivity index (χ3n) is 6.29. The second kappa shape index (κ2) is 9.90. The highest BCUT2D eigenvalue weighted by atomic mass is 16.5. The lowest BCUT2D eigenvalue weighted by atomic mass is 9.98. The monoisotopic (exact) mass is 450 g/mol. The summed E-state index contributed by atoms with van der Waals surface area (Å²) in [5.74, 6) is -1.74. The molecule has 0 bridgehead atoms. The largest absolute Gasteiger partial charge is 0.480 e. The summed E-state index contributed by atoms with van der Waals surface area (Å²) in [5, 5.41) is 12.1. The Morgan fingerprint density at radius 3 is 2.18 bits per heavy atom. The van der Waals surface area contributed by atoms with Crippen LogP contribution < -0.4 is 5.32 Å². The Bertz CT molecular complexity index is 1020. The van der Waals surface area contributed by atoms with Crippen molar-refractivity contribution in [2.45, 2.75) is 44.2 Å².